The van der Waals surface area contributed by atoms with Crippen molar-refractivity contribution in [3.63, 3.8) is 0 Å². The van der Waals surface area contributed by atoms with Crippen molar-refractivity contribution in [1.29, 1.82) is 0 Å². The van der Waals surface area contributed by atoms with Gasteiger partial charge in [-0.05, 0) is 24.6 Å². The normalized spacial score (nSPS) is 10.1. The van der Waals surface area contributed by atoms with Crippen molar-refractivity contribution in [2.24, 2.45) is 0 Å². The van der Waals surface area contributed by atoms with Gasteiger partial charge in [0.15, 0.2) is 0 Å². The molecule has 0 fully saturated rings. The summed E-state index contributed by atoms with van der Waals surface area (Å²) < 4.78 is 4.76. The molecule has 1 aromatic rings. The van der Waals surface area contributed by atoms with Crippen LogP contribution in [0.2, 0.25) is 0 Å². The van der Waals surface area contributed by atoms with Gasteiger partial charge in [0.1, 0.15) is 19.8 Å². The molecule has 8 nitrogen and oxygen atoms in total. The van der Waals surface area contributed by atoms with Crippen LogP contribution in [0.3, 0.4) is 0 Å². The van der Waals surface area contributed by atoms with Crippen LogP contribution in [-0.2, 0) is 25.9 Å². The van der Waals surface area contributed by atoms with Crippen molar-refractivity contribution in [3.8, 4) is 0 Å². The van der Waals surface area contributed by atoms with E-state index in [1.807, 2.05) is 0 Å². The molecule has 0 aliphatic rings. The summed E-state index contributed by atoms with van der Waals surface area (Å²) in [7, 11) is 0. The van der Waals surface area contributed by atoms with Gasteiger partial charge in [-0.15, -0.1) is 0 Å². The highest BCUT2D eigenvalue weighted by Gasteiger charge is 2.16. The van der Waals surface area contributed by atoms with E-state index in [4.69, 9.17) is 24.7 Å². The average molecular weight is 324 g/mol. The lowest BCUT2D eigenvalue weighted by Gasteiger charge is -2.07. The van der Waals surface area contributed by atoms with Gasteiger partial charge in [0.05, 0.1) is 11.1 Å². The zero-order valence-electron chi connectivity index (χ0n) is 12.4. The molecule has 0 aromatic heterocycles. The van der Waals surface area contributed by atoms with E-state index in [1.54, 1.807) is 0 Å². The quantitative estimate of drug-likeness (QED) is 0.231. The highest BCUT2D eigenvalue weighted by Crippen LogP contribution is 2.13. The Bertz CT molecular complexity index is 620. The van der Waals surface area contributed by atoms with Gasteiger partial charge < -0.3 is 14.9 Å². The fraction of sp³-hybridized carbons (Fsp3) is 0.267. The van der Waals surface area contributed by atoms with E-state index >= 15 is 0 Å². The molecular formula is C15H16O8. The van der Waals surface area contributed by atoms with Crippen LogP contribution >= 0.6 is 0 Å². The van der Waals surface area contributed by atoms with Crippen molar-refractivity contribution in [1.82, 2.24) is 0 Å². The SMILES string of the molecule is C=C(C)C(=O)OCCOOCc1ccc(C(=O)O)c(C(=O)O)c1. The van der Waals surface area contributed by atoms with Gasteiger partial charge in [0.25, 0.3) is 0 Å². The lowest BCUT2D eigenvalue weighted by atomic mass is 10.0. The summed E-state index contributed by atoms with van der Waals surface area (Å²) in [6, 6.07) is 3.79. The van der Waals surface area contributed by atoms with E-state index in [0.717, 1.165) is 0 Å². The molecule has 23 heavy (non-hydrogen) atoms. The number of rotatable bonds is 9. The highest BCUT2D eigenvalue weighted by molar-refractivity contribution is 6.01. The summed E-state index contributed by atoms with van der Waals surface area (Å²) in [6.45, 7) is 4.80. The molecule has 2 N–H and O–H groups in total. The Morgan fingerprint density at radius 2 is 1.70 bits per heavy atom. The van der Waals surface area contributed by atoms with Crippen molar-refractivity contribution in [2.45, 2.75) is 13.5 Å². The predicted molar refractivity (Wildman–Crippen MR) is 76.9 cm³/mol. The monoisotopic (exact) mass is 324 g/mol. The molecule has 1 aromatic carbocycles. The van der Waals surface area contributed by atoms with Crippen molar-refractivity contribution >= 4 is 17.9 Å². The van der Waals surface area contributed by atoms with Gasteiger partial charge in [0.2, 0.25) is 0 Å². The van der Waals surface area contributed by atoms with Gasteiger partial charge in [-0.3, -0.25) is 0 Å². The minimum Gasteiger partial charge on any atom is -0.478 e. The maximum Gasteiger partial charge on any atom is 0.336 e. The molecule has 124 valence electrons. The number of carbonyl (C=O) groups is 3. The largest absolute Gasteiger partial charge is 0.478 e. The van der Waals surface area contributed by atoms with E-state index in [-0.39, 0.29) is 36.5 Å². The molecule has 0 amide bonds. The van der Waals surface area contributed by atoms with Gasteiger partial charge in [-0.25, -0.2) is 24.2 Å². The molecule has 0 heterocycles. The van der Waals surface area contributed by atoms with Crippen LogP contribution in [0.15, 0.2) is 30.4 Å². The van der Waals surface area contributed by atoms with Gasteiger partial charge >= 0.3 is 17.9 Å². The number of hydrogen-bond donors (Lipinski definition) is 2. The zero-order chi connectivity index (χ0) is 17.4. The van der Waals surface area contributed by atoms with E-state index in [9.17, 15) is 14.4 Å². The molecule has 0 saturated heterocycles. The highest BCUT2D eigenvalue weighted by atomic mass is 17.2. The summed E-state index contributed by atoms with van der Waals surface area (Å²) in [5.74, 6) is -3.22. The van der Waals surface area contributed by atoms with Crippen LogP contribution in [0.4, 0.5) is 0 Å². The molecule has 8 heteroatoms. The van der Waals surface area contributed by atoms with Crippen LogP contribution in [0, 0.1) is 0 Å². The summed E-state index contributed by atoms with van der Waals surface area (Å²) in [6.07, 6.45) is 0. The van der Waals surface area contributed by atoms with Crippen LogP contribution in [0.25, 0.3) is 0 Å². The zero-order valence-corrected chi connectivity index (χ0v) is 12.4. The molecule has 0 spiro atoms. The summed E-state index contributed by atoms with van der Waals surface area (Å²) >= 11 is 0. The third kappa shape index (κ3) is 5.89. The average Bonchev–Trinajstić information content (AvgIpc) is 2.49. The standard InChI is InChI=1S/C15H16O8/c1-9(2)15(20)21-5-6-22-23-8-10-3-4-11(13(16)17)12(7-10)14(18)19/h3-4,7H,1,5-6,8H2,2H3,(H,16,17)(H,18,19). The lowest BCUT2D eigenvalue weighted by molar-refractivity contribution is -0.307. The molecule has 0 saturated carbocycles. The molecule has 1 rings (SSSR count). The number of carboxylic acids is 2. The van der Waals surface area contributed by atoms with Crippen LogP contribution < -0.4 is 0 Å². The molecular weight excluding hydrogens is 308 g/mol. The van der Waals surface area contributed by atoms with E-state index in [0.29, 0.717) is 5.56 Å². The number of hydrogen-bond acceptors (Lipinski definition) is 6. The molecule has 0 bridgehead atoms. The fourth-order valence-corrected chi connectivity index (χ4v) is 1.50. The summed E-state index contributed by atoms with van der Waals surface area (Å²) in [5.41, 5.74) is 0.0415. The first kappa shape index (κ1) is 18.3. The molecule has 0 atom stereocenters. The Kier molecular flexibility index (Phi) is 6.91. The maximum atomic E-state index is 11.1. The van der Waals surface area contributed by atoms with Crippen LogP contribution in [0.5, 0.6) is 0 Å². The van der Waals surface area contributed by atoms with Gasteiger partial charge in [-0.1, -0.05) is 12.6 Å². The minimum atomic E-state index is -1.35. The van der Waals surface area contributed by atoms with Crippen molar-refractivity contribution in [3.05, 3.63) is 47.0 Å². The number of carboxylic acid groups (broad SMARTS) is 2. The number of ether oxygens (including phenoxy) is 1. The lowest BCUT2D eigenvalue weighted by Crippen LogP contribution is -2.11. The second-order valence-corrected chi connectivity index (χ2v) is 4.49. The Balaban J connectivity index is 2.45. The molecule has 0 unspecified atom stereocenters. The predicted octanol–water partition coefficient (Wildman–Crippen LogP) is 1.65. The van der Waals surface area contributed by atoms with Crippen LogP contribution in [0.1, 0.15) is 33.2 Å². The number of benzene rings is 1. The number of carbonyl (C=O) groups excluding carboxylic acids is 1. The Hall–Kier alpha value is -2.71. The first-order chi connectivity index (χ1) is 10.8. The van der Waals surface area contributed by atoms with Gasteiger partial charge in [-0.2, -0.15) is 0 Å². The van der Waals surface area contributed by atoms with Crippen molar-refractivity contribution in [2.75, 3.05) is 13.2 Å². The summed E-state index contributed by atoms with van der Waals surface area (Å²) in [5, 5.41) is 17.9. The van der Waals surface area contributed by atoms with E-state index in [1.165, 1.54) is 25.1 Å². The molecule has 0 aliphatic carbocycles. The van der Waals surface area contributed by atoms with Crippen molar-refractivity contribution < 1.29 is 39.1 Å². The topological polar surface area (TPSA) is 119 Å². The third-order valence-electron chi connectivity index (χ3n) is 2.60. The van der Waals surface area contributed by atoms with Crippen LogP contribution in [-0.4, -0.2) is 41.3 Å². The second kappa shape index (κ2) is 8.66. The molecule has 0 aliphatic heterocycles. The Labute approximate surface area is 131 Å². The fourth-order valence-electron chi connectivity index (χ4n) is 1.50. The number of aromatic carboxylic acids is 2. The number of esters is 1. The second-order valence-electron chi connectivity index (χ2n) is 4.49. The first-order valence-electron chi connectivity index (χ1n) is 6.49. The first-order valence-corrected chi connectivity index (χ1v) is 6.49. The van der Waals surface area contributed by atoms with E-state index in [2.05, 4.69) is 6.58 Å². The Morgan fingerprint density at radius 3 is 2.26 bits per heavy atom. The minimum absolute atomic E-state index is 0.0159. The van der Waals surface area contributed by atoms with Gasteiger partial charge in [0, 0.05) is 5.57 Å². The summed E-state index contributed by atoms with van der Waals surface area (Å²) in [4.78, 5) is 42.6. The molecule has 0 radical (unpaired) electrons. The van der Waals surface area contributed by atoms with E-state index < -0.39 is 17.9 Å². The smallest absolute Gasteiger partial charge is 0.336 e. The third-order valence-corrected chi connectivity index (χ3v) is 2.60. The maximum absolute atomic E-state index is 11.1. The Morgan fingerprint density at radius 1 is 1.04 bits per heavy atom.